The predicted molar refractivity (Wildman–Crippen MR) is 68.3 cm³/mol. The molecule has 0 radical (unpaired) electrons. The first-order valence-electron chi connectivity index (χ1n) is 6.32. The Morgan fingerprint density at radius 3 is 2.25 bits per heavy atom. The maximum atomic E-state index is 12.4. The third-order valence-electron chi connectivity index (χ3n) is 4.60. The van der Waals surface area contributed by atoms with Crippen molar-refractivity contribution >= 4 is 0 Å². The van der Waals surface area contributed by atoms with Gasteiger partial charge in [0.2, 0.25) is 0 Å². The highest BCUT2D eigenvalue weighted by Crippen LogP contribution is 2.42. The summed E-state index contributed by atoms with van der Waals surface area (Å²) in [6.07, 6.45) is 6.94. The minimum absolute atomic E-state index is 0.0422. The lowest BCUT2D eigenvalue weighted by atomic mass is 9.68. The molecule has 0 bridgehead atoms. The van der Waals surface area contributed by atoms with Crippen molar-refractivity contribution in [1.29, 1.82) is 0 Å². The van der Waals surface area contributed by atoms with Crippen LogP contribution in [0.15, 0.2) is 12.2 Å². The van der Waals surface area contributed by atoms with Gasteiger partial charge in [0.15, 0.2) is 0 Å². The molecule has 0 aromatic rings. The van der Waals surface area contributed by atoms with Crippen molar-refractivity contribution in [2.45, 2.75) is 46.1 Å². The van der Waals surface area contributed by atoms with Crippen LogP contribution < -0.4 is 0 Å². The van der Waals surface area contributed by atoms with Crippen molar-refractivity contribution in [3.05, 3.63) is 12.2 Å². The molecule has 1 rings (SSSR count). The van der Waals surface area contributed by atoms with E-state index >= 15 is 0 Å². The Morgan fingerprint density at radius 2 is 1.88 bits per heavy atom. The average molecular weight is 227 g/mol. The van der Waals surface area contributed by atoms with Crippen LogP contribution in [0.1, 0.15) is 40.5 Å². The number of rotatable bonds is 4. The Morgan fingerprint density at radius 1 is 1.25 bits per heavy atom. The highest BCUT2D eigenvalue weighted by atomic mass is 19.1. The molecule has 2 heteroatoms. The van der Waals surface area contributed by atoms with Crippen molar-refractivity contribution in [3.8, 4) is 0 Å². The smallest absolute Gasteiger partial charge is 0.102 e. The zero-order valence-electron chi connectivity index (χ0n) is 11.4. The highest BCUT2D eigenvalue weighted by molar-refractivity contribution is 5.15. The number of hydrogen-bond donors (Lipinski definition) is 0. The van der Waals surface area contributed by atoms with Crippen LogP contribution in [-0.2, 0) is 0 Å². The van der Waals surface area contributed by atoms with Crippen LogP contribution in [0.5, 0.6) is 0 Å². The Hall–Kier alpha value is -0.370. The standard InChI is InChI=1S/C14H26FN/c1-12(2)13(3)6-8-14(4,9-7-13)16(5)11-10-15/h6,8,12H,7,9-11H2,1-5H3. The second-order valence-electron chi connectivity index (χ2n) is 5.96. The minimum Gasteiger partial charge on any atom is -0.295 e. The summed E-state index contributed by atoms with van der Waals surface area (Å²) in [6, 6.07) is 0. The Kier molecular flexibility index (Phi) is 4.17. The van der Waals surface area contributed by atoms with E-state index in [4.69, 9.17) is 0 Å². The first-order chi connectivity index (χ1) is 7.34. The first-order valence-corrected chi connectivity index (χ1v) is 6.32. The SMILES string of the molecule is CC(C)C1(C)C=CC(C)(N(C)CCF)CC1. The Balaban J connectivity index is 2.76. The van der Waals surface area contributed by atoms with Crippen molar-refractivity contribution in [1.82, 2.24) is 4.90 Å². The van der Waals surface area contributed by atoms with E-state index in [0.717, 1.165) is 6.42 Å². The van der Waals surface area contributed by atoms with E-state index in [1.54, 1.807) is 0 Å². The summed E-state index contributed by atoms with van der Waals surface area (Å²) in [4.78, 5) is 2.13. The van der Waals surface area contributed by atoms with Crippen molar-refractivity contribution < 1.29 is 4.39 Å². The van der Waals surface area contributed by atoms with Gasteiger partial charge in [-0.15, -0.1) is 0 Å². The first kappa shape index (κ1) is 13.7. The summed E-state index contributed by atoms with van der Waals surface area (Å²) in [5.74, 6) is 0.666. The monoisotopic (exact) mass is 227 g/mol. The zero-order valence-corrected chi connectivity index (χ0v) is 11.4. The van der Waals surface area contributed by atoms with Crippen LogP contribution in [0.2, 0.25) is 0 Å². The molecule has 0 aliphatic heterocycles. The van der Waals surface area contributed by atoms with Gasteiger partial charge >= 0.3 is 0 Å². The van der Waals surface area contributed by atoms with Crippen molar-refractivity contribution in [2.75, 3.05) is 20.3 Å². The van der Waals surface area contributed by atoms with Crippen molar-refractivity contribution in [2.24, 2.45) is 11.3 Å². The third-order valence-corrected chi connectivity index (χ3v) is 4.60. The summed E-state index contributed by atoms with van der Waals surface area (Å²) in [5.41, 5.74) is 0.358. The number of nitrogens with zero attached hydrogens (tertiary/aromatic N) is 1. The van der Waals surface area contributed by atoms with Gasteiger partial charge in [-0.3, -0.25) is 4.90 Å². The molecule has 0 amide bonds. The molecule has 1 aliphatic carbocycles. The van der Waals surface area contributed by atoms with E-state index in [-0.39, 0.29) is 12.2 Å². The number of hydrogen-bond acceptors (Lipinski definition) is 1. The molecule has 0 aromatic heterocycles. The zero-order chi connectivity index (χ0) is 12.4. The lowest BCUT2D eigenvalue weighted by molar-refractivity contribution is 0.120. The molecule has 1 aliphatic rings. The number of alkyl halides is 1. The largest absolute Gasteiger partial charge is 0.295 e. The van der Waals surface area contributed by atoms with E-state index in [2.05, 4.69) is 44.7 Å². The second-order valence-corrected chi connectivity index (χ2v) is 5.96. The predicted octanol–water partition coefficient (Wildman–Crippen LogP) is 3.66. The Bertz CT molecular complexity index is 261. The van der Waals surface area contributed by atoms with Gasteiger partial charge in [0.1, 0.15) is 6.67 Å². The minimum atomic E-state index is -0.263. The van der Waals surface area contributed by atoms with Crippen LogP contribution in [0.3, 0.4) is 0 Å². The average Bonchev–Trinajstić information content (AvgIpc) is 2.23. The Labute approximate surface area is 99.7 Å². The molecule has 0 aromatic carbocycles. The fourth-order valence-corrected chi connectivity index (χ4v) is 2.24. The summed E-state index contributed by atoms with van der Waals surface area (Å²) < 4.78 is 12.4. The van der Waals surface area contributed by atoms with Gasteiger partial charge in [-0.25, -0.2) is 4.39 Å². The summed E-state index contributed by atoms with van der Waals surface area (Å²) in [5, 5.41) is 0. The second kappa shape index (κ2) is 4.87. The van der Waals surface area contributed by atoms with Gasteiger partial charge in [0, 0.05) is 12.1 Å². The third kappa shape index (κ3) is 2.65. The van der Waals surface area contributed by atoms with E-state index < -0.39 is 0 Å². The lowest BCUT2D eigenvalue weighted by Crippen LogP contribution is -2.46. The van der Waals surface area contributed by atoms with E-state index in [1.807, 2.05) is 7.05 Å². The molecule has 0 N–H and O–H groups in total. The molecule has 0 heterocycles. The summed E-state index contributed by atoms with van der Waals surface area (Å²) >= 11 is 0. The van der Waals surface area contributed by atoms with Gasteiger partial charge in [-0.1, -0.05) is 32.9 Å². The molecular weight excluding hydrogens is 201 g/mol. The molecule has 0 saturated heterocycles. The molecule has 2 unspecified atom stereocenters. The van der Waals surface area contributed by atoms with Crippen LogP contribution in [0.25, 0.3) is 0 Å². The molecule has 1 nitrogen and oxygen atoms in total. The molecule has 2 atom stereocenters. The fraction of sp³-hybridized carbons (Fsp3) is 0.857. The normalized spacial score (nSPS) is 35.0. The van der Waals surface area contributed by atoms with Crippen LogP contribution in [-0.4, -0.2) is 30.7 Å². The van der Waals surface area contributed by atoms with E-state index in [9.17, 15) is 4.39 Å². The molecular formula is C14H26FN. The lowest BCUT2D eigenvalue weighted by Gasteiger charge is -2.44. The van der Waals surface area contributed by atoms with Crippen LogP contribution in [0.4, 0.5) is 4.39 Å². The number of likely N-dealkylation sites (N-methyl/N-ethyl adjacent to an activating group) is 1. The van der Waals surface area contributed by atoms with Gasteiger partial charge < -0.3 is 0 Å². The molecule has 0 saturated carbocycles. The summed E-state index contributed by atoms with van der Waals surface area (Å²) in [7, 11) is 2.02. The molecule has 0 fully saturated rings. The quantitative estimate of drug-likeness (QED) is 0.663. The summed E-state index contributed by atoms with van der Waals surface area (Å²) in [6.45, 7) is 9.35. The fourth-order valence-electron chi connectivity index (χ4n) is 2.24. The number of halogens is 1. The maximum Gasteiger partial charge on any atom is 0.102 e. The maximum absolute atomic E-state index is 12.4. The topological polar surface area (TPSA) is 3.24 Å². The number of allylic oxidation sites excluding steroid dienone is 1. The van der Waals surface area contributed by atoms with E-state index in [0.29, 0.717) is 17.9 Å². The van der Waals surface area contributed by atoms with Crippen LogP contribution >= 0.6 is 0 Å². The van der Waals surface area contributed by atoms with Gasteiger partial charge in [0.05, 0.1) is 0 Å². The molecule has 94 valence electrons. The van der Waals surface area contributed by atoms with Crippen LogP contribution in [0, 0.1) is 11.3 Å². The molecule has 16 heavy (non-hydrogen) atoms. The van der Waals surface area contributed by atoms with Crippen molar-refractivity contribution in [3.63, 3.8) is 0 Å². The highest BCUT2D eigenvalue weighted by Gasteiger charge is 2.36. The van der Waals surface area contributed by atoms with E-state index in [1.165, 1.54) is 6.42 Å². The van der Waals surface area contributed by atoms with Gasteiger partial charge in [-0.05, 0) is 38.1 Å². The van der Waals surface area contributed by atoms with Gasteiger partial charge in [0.25, 0.3) is 0 Å². The van der Waals surface area contributed by atoms with Gasteiger partial charge in [-0.2, -0.15) is 0 Å². The molecule has 0 spiro atoms.